The van der Waals surface area contributed by atoms with E-state index in [-0.39, 0.29) is 12.4 Å². The summed E-state index contributed by atoms with van der Waals surface area (Å²) in [5.74, 6) is 0. The van der Waals surface area contributed by atoms with Gasteiger partial charge in [-0.15, -0.1) is 12.4 Å². The molecule has 0 N–H and O–H groups in total. The zero-order valence-corrected chi connectivity index (χ0v) is 8.38. The summed E-state index contributed by atoms with van der Waals surface area (Å²) < 4.78 is -1.40. The van der Waals surface area contributed by atoms with Crippen molar-refractivity contribution in [1.82, 2.24) is 4.98 Å². The fourth-order valence-electron chi connectivity index (χ4n) is 0.530. The van der Waals surface area contributed by atoms with E-state index in [4.69, 9.17) is 34.8 Å². The van der Waals surface area contributed by atoms with E-state index in [0.717, 1.165) is 0 Å². The number of rotatable bonds is 0. The maximum atomic E-state index is 5.53. The van der Waals surface area contributed by atoms with Crippen LogP contribution in [0, 0.1) is 0 Å². The molecule has 0 spiro atoms. The monoisotopic (exact) mass is 231 g/mol. The van der Waals surface area contributed by atoms with Gasteiger partial charge in [0.15, 0.2) is 0 Å². The number of pyridine rings is 1. The number of alkyl halides is 3. The molecule has 0 radical (unpaired) electrons. The second kappa shape index (κ2) is 4.36. The largest absolute Gasteiger partial charge is 0.257 e. The molecule has 1 aromatic rings. The molecule has 0 saturated heterocycles. The van der Waals surface area contributed by atoms with Crippen LogP contribution in [0.4, 0.5) is 0 Å². The van der Waals surface area contributed by atoms with Crippen LogP contribution in [0.25, 0.3) is 0 Å². The van der Waals surface area contributed by atoms with Gasteiger partial charge >= 0.3 is 0 Å². The highest BCUT2D eigenvalue weighted by molar-refractivity contribution is 6.66. The van der Waals surface area contributed by atoms with E-state index in [2.05, 4.69) is 4.98 Å². The molecule has 0 unspecified atom stereocenters. The van der Waals surface area contributed by atoms with Crippen molar-refractivity contribution in [2.75, 3.05) is 0 Å². The predicted octanol–water partition coefficient (Wildman–Crippen LogP) is 3.33. The summed E-state index contributed by atoms with van der Waals surface area (Å²) in [5, 5.41) is 0. The van der Waals surface area contributed by atoms with Crippen LogP contribution in [0.1, 0.15) is 5.69 Å². The zero-order chi connectivity index (χ0) is 7.61. The van der Waals surface area contributed by atoms with Crippen molar-refractivity contribution in [2.45, 2.75) is 3.79 Å². The summed E-state index contributed by atoms with van der Waals surface area (Å²) in [4.78, 5) is 3.85. The van der Waals surface area contributed by atoms with Crippen LogP contribution in [-0.2, 0) is 3.79 Å². The van der Waals surface area contributed by atoms with Gasteiger partial charge in [0, 0.05) is 6.20 Å². The Labute approximate surface area is 86.1 Å². The summed E-state index contributed by atoms with van der Waals surface area (Å²) >= 11 is 16.6. The lowest BCUT2D eigenvalue weighted by atomic mass is 10.4. The normalized spacial score (nSPS) is 10.5. The Morgan fingerprint density at radius 2 is 1.82 bits per heavy atom. The maximum absolute atomic E-state index is 5.53. The van der Waals surface area contributed by atoms with Crippen LogP contribution < -0.4 is 0 Å². The van der Waals surface area contributed by atoms with Crippen LogP contribution in [0.5, 0.6) is 0 Å². The summed E-state index contributed by atoms with van der Waals surface area (Å²) in [6.45, 7) is 0. The van der Waals surface area contributed by atoms with Crippen molar-refractivity contribution >= 4 is 47.2 Å². The average Bonchev–Trinajstić information content (AvgIpc) is 1.88. The summed E-state index contributed by atoms with van der Waals surface area (Å²) in [7, 11) is 0. The minimum atomic E-state index is -1.40. The number of nitrogens with zero attached hydrogens (tertiary/aromatic N) is 1. The van der Waals surface area contributed by atoms with E-state index in [1.54, 1.807) is 24.4 Å². The van der Waals surface area contributed by atoms with Crippen LogP contribution >= 0.6 is 47.2 Å². The van der Waals surface area contributed by atoms with E-state index < -0.39 is 3.79 Å². The lowest BCUT2D eigenvalue weighted by Crippen LogP contribution is -2.01. The molecule has 11 heavy (non-hydrogen) atoms. The molecule has 0 aliphatic heterocycles. The molecule has 0 saturated carbocycles. The third kappa shape index (κ3) is 3.48. The topological polar surface area (TPSA) is 12.9 Å². The lowest BCUT2D eigenvalue weighted by molar-refractivity contribution is 1.09. The van der Waals surface area contributed by atoms with Crippen LogP contribution in [-0.4, -0.2) is 4.98 Å². The van der Waals surface area contributed by atoms with Gasteiger partial charge in [-0.25, -0.2) is 0 Å². The number of hydrogen-bond acceptors (Lipinski definition) is 1. The number of hydrogen-bond donors (Lipinski definition) is 0. The highest BCUT2D eigenvalue weighted by Gasteiger charge is 2.23. The fraction of sp³-hybridized carbons (Fsp3) is 0.167. The van der Waals surface area contributed by atoms with Gasteiger partial charge in [-0.3, -0.25) is 4.98 Å². The first-order valence-corrected chi connectivity index (χ1v) is 3.72. The van der Waals surface area contributed by atoms with E-state index in [9.17, 15) is 0 Å². The van der Waals surface area contributed by atoms with E-state index in [1.807, 2.05) is 0 Å². The Balaban J connectivity index is 0.000001000. The van der Waals surface area contributed by atoms with E-state index in [1.165, 1.54) is 0 Å². The van der Waals surface area contributed by atoms with Crippen molar-refractivity contribution in [1.29, 1.82) is 0 Å². The molecule has 62 valence electrons. The summed E-state index contributed by atoms with van der Waals surface area (Å²) in [6, 6.07) is 5.19. The van der Waals surface area contributed by atoms with Gasteiger partial charge < -0.3 is 0 Å². The molecule has 1 nitrogen and oxygen atoms in total. The third-order valence-corrected chi connectivity index (χ3v) is 1.54. The van der Waals surface area contributed by atoms with Crippen molar-refractivity contribution in [3.05, 3.63) is 30.1 Å². The second-order valence-corrected chi connectivity index (χ2v) is 3.99. The summed E-state index contributed by atoms with van der Waals surface area (Å²) in [6.07, 6.45) is 1.58. The Morgan fingerprint density at radius 1 is 1.18 bits per heavy atom. The first-order chi connectivity index (χ1) is 4.61. The van der Waals surface area contributed by atoms with Crippen LogP contribution in [0.2, 0.25) is 0 Å². The molecular formula is C6H5Cl4N. The van der Waals surface area contributed by atoms with Gasteiger partial charge in [-0.2, -0.15) is 0 Å². The first-order valence-electron chi connectivity index (χ1n) is 2.59. The molecular weight excluding hydrogens is 228 g/mol. The Hall–Kier alpha value is 0.310. The molecule has 0 atom stereocenters. The predicted molar refractivity (Wildman–Crippen MR) is 50.7 cm³/mol. The first kappa shape index (κ1) is 11.3. The number of aromatic nitrogens is 1. The molecule has 0 bridgehead atoms. The van der Waals surface area contributed by atoms with Gasteiger partial charge in [-0.1, -0.05) is 40.9 Å². The van der Waals surface area contributed by atoms with Gasteiger partial charge in [0.1, 0.15) is 0 Å². The molecule has 0 aliphatic rings. The van der Waals surface area contributed by atoms with Crippen molar-refractivity contribution in [3.8, 4) is 0 Å². The van der Waals surface area contributed by atoms with Crippen molar-refractivity contribution < 1.29 is 0 Å². The Morgan fingerprint density at radius 3 is 2.09 bits per heavy atom. The van der Waals surface area contributed by atoms with Gasteiger partial charge in [0.25, 0.3) is 0 Å². The smallest absolute Gasteiger partial charge is 0.232 e. The minimum absolute atomic E-state index is 0. The lowest BCUT2D eigenvalue weighted by Gasteiger charge is -2.07. The number of halogens is 4. The standard InChI is InChI=1S/C6H4Cl3N.ClH/c7-6(8,9)5-3-1-2-4-10-5;/h1-4H;1H. The Bertz CT molecular complexity index is 206. The van der Waals surface area contributed by atoms with E-state index >= 15 is 0 Å². The van der Waals surface area contributed by atoms with Crippen LogP contribution in [0.15, 0.2) is 24.4 Å². The molecule has 5 heteroatoms. The maximum Gasteiger partial charge on any atom is 0.232 e. The van der Waals surface area contributed by atoms with Crippen molar-refractivity contribution in [2.24, 2.45) is 0 Å². The second-order valence-electron chi connectivity index (χ2n) is 1.71. The quantitative estimate of drug-likeness (QED) is 0.626. The molecule has 0 fully saturated rings. The third-order valence-electron chi connectivity index (χ3n) is 0.955. The highest BCUT2D eigenvalue weighted by atomic mass is 35.6. The molecule has 1 rings (SSSR count). The highest BCUT2D eigenvalue weighted by Crippen LogP contribution is 2.36. The van der Waals surface area contributed by atoms with Gasteiger partial charge in [-0.05, 0) is 12.1 Å². The average molecular weight is 233 g/mol. The minimum Gasteiger partial charge on any atom is -0.257 e. The molecule has 1 aromatic heterocycles. The molecule has 1 heterocycles. The molecule has 0 aromatic carbocycles. The van der Waals surface area contributed by atoms with E-state index in [0.29, 0.717) is 5.69 Å². The van der Waals surface area contributed by atoms with Crippen molar-refractivity contribution in [3.63, 3.8) is 0 Å². The molecule has 0 aliphatic carbocycles. The van der Waals surface area contributed by atoms with Gasteiger partial charge in [0.05, 0.1) is 5.69 Å². The Kier molecular flexibility index (Phi) is 4.49. The zero-order valence-electron chi connectivity index (χ0n) is 5.30. The van der Waals surface area contributed by atoms with Gasteiger partial charge in [0.2, 0.25) is 3.79 Å². The fourth-order valence-corrected chi connectivity index (χ4v) is 0.866. The van der Waals surface area contributed by atoms with Crippen LogP contribution in [0.3, 0.4) is 0 Å². The SMILES string of the molecule is Cl.ClC(Cl)(Cl)c1ccccn1. The summed E-state index contributed by atoms with van der Waals surface area (Å²) in [5.41, 5.74) is 0.444. The molecule has 0 amide bonds.